The summed E-state index contributed by atoms with van der Waals surface area (Å²) < 4.78 is 0. The number of amides is 1. The topological polar surface area (TPSA) is 73.7 Å². The number of carbonyl (C=O) groups excluding carboxylic acids is 1. The van der Waals surface area contributed by atoms with Crippen LogP contribution < -0.4 is 0 Å². The first kappa shape index (κ1) is 20.1. The molecule has 1 aromatic rings. The van der Waals surface area contributed by atoms with Gasteiger partial charge >= 0.3 is 5.97 Å². The first-order chi connectivity index (χ1) is 12.3. The lowest BCUT2D eigenvalue weighted by Crippen LogP contribution is -2.51. The molecule has 1 aliphatic heterocycles. The van der Waals surface area contributed by atoms with Gasteiger partial charge < -0.3 is 10.0 Å². The molecule has 1 aliphatic rings. The lowest BCUT2D eigenvalue weighted by Gasteiger charge is -2.40. The molecule has 2 rings (SSSR count). The maximum atomic E-state index is 12.7. The average Bonchev–Trinajstić information content (AvgIpc) is 2.60. The Morgan fingerprint density at radius 1 is 1.35 bits per heavy atom. The van der Waals surface area contributed by atoms with Crippen LogP contribution in [0.4, 0.5) is 0 Å². The van der Waals surface area contributed by atoms with Gasteiger partial charge in [0.1, 0.15) is 0 Å². The molecule has 26 heavy (non-hydrogen) atoms. The Bertz CT molecular complexity index is 656. The van der Waals surface area contributed by atoms with E-state index in [9.17, 15) is 14.7 Å². The molecule has 0 bridgehead atoms. The average molecular weight is 359 g/mol. The van der Waals surface area contributed by atoms with Crippen molar-refractivity contribution in [3.8, 4) is 0 Å². The highest BCUT2D eigenvalue weighted by Crippen LogP contribution is 2.35. The minimum Gasteiger partial charge on any atom is -0.481 e. The molecule has 0 saturated carbocycles. The SMILES string of the molecule is CC(C)=CC[C@]1(C(=O)O)CCCN(C(=O)CN(C)Cc2ccncc2)C1. The minimum atomic E-state index is -0.866. The number of carbonyl (C=O) groups is 2. The van der Waals surface area contributed by atoms with Crippen LogP contribution in [-0.2, 0) is 16.1 Å². The largest absolute Gasteiger partial charge is 0.481 e. The van der Waals surface area contributed by atoms with Crippen molar-refractivity contribution < 1.29 is 14.7 Å². The molecule has 1 aromatic heterocycles. The summed E-state index contributed by atoms with van der Waals surface area (Å²) in [5.74, 6) is -0.818. The second-order valence-electron chi connectivity index (χ2n) is 7.52. The highest BCUT2D eigenvalue weighted by atomic mass is 16.4. The monoisotopic (exact) mass is 359 g/mol. The van der Waals surface area contributed by atoms with Gasteiger partial charge in [0.2, 0.25) is 5.91 Å². The van der Waals surface area contributed by atoms with Gasteiger partial charge in [0.15, 0.2) is 0 Å². The van der Waals surface area contributed by atoms with Gasteiger partial charge in [-0.05, 0) is 57.9 Å². The second kappa shape index (κ2) is 8.94. The van der Waals surface area contributed by atoms with Gasteiger partial charge in [-0.25, -0.2) is 0 Å². The van der Waals surface area contributed by atoms with Crippen LogP contribution in [0.5, 0.6) is 0 Å². The van der Waals surface area contributed by atoms with E-state index in [1.54, 1.807) is 17.3 Å². The number of aliphatic carboxylic acids is 1. The normalized spacial score (nSPS) is 20.1. The first-order valence-electron chi connectivity index (χ1n) is 9.04. The van der Waals surface area contributed by atoms with Crippen LogP contribution in [0.1, 0.15) is 38.7 Å². The fourth-order valence-electron chi connectivity index (χ4n) is 3.36. The molecule has 0 aliphatic carbocycles. The lowest BCUT2D eigenvalue weighted by atomic mass is 9.76. The Morgan fingerprint density at radius 2 is 2.04 bits per heavy atom. The molecule has 1 atom stereocenters. The quantitative estimate of drug-likeness (QED) is 0.758. The van der Waals surface area contributed by atoms with Crippen LogP contribution >= 0.6 is 0 Å². The number of nitrogens with zero attached hydrogens (tertiary/aromatic N) is 3. The Hall–Kier alpha value is -2.21. The molecule has 0 unspecified atom stereocenters. The maximum Gasteiger partial charge on any atom is 0.311 e. The van der Waals surface area contributed by atoms with E-state index in [0.29, 0.717) is 25.9 Å². The number of hydrogen-bond acceptors (Lipinski definition) is 4. The summed E-state index contributed by atoms with van der Waals surface area (Å²) in [6.07, 6.45) is 7.25. The lowest BCUT2D eigenvalue weighted by molar-refractivity contribution is -0.154. The zero-order valence-corrected chi connectivity index (χ0v) is 15.9. The fraction of sp³-hybridized carbons (Fsp3) is 0.550. The van der Waals surface area contributed by atoms with E-state index in [2.05, 4.69) is 4.98 Å². The zero-order valence-electron chi connectivity index (χ0n) is 15.9. The van der Waals surface area contributed by atoms with Crippen molar-refractivity contribution >= 4 is 11.9 Å². The van der Waals surface area contributed by atoms with Crippen molar-refractivity contribution in [1.82, 2.24) is 14.8 Å². The molecule has 2 heterocycles. The highest BCUT2D eigenvalue weighted by molar-refractivity contribution is 5.81. The van der Waals surface area contributed by atoms with Crippen LogP contribution in [0.15, 0.2) is 36.2 Å². The van der Waals surface area contributed by atoms with Crippen molar-refractivity contribution in [3.63, 3.8) is 0 Å². The number of piperidine rings is 1. The van der Waals surface area contributed by atoms with E-state index in [0.717, 1.165) is 17.6 Å². The van der Waals surface area contributed by atoms with Gasteiger partial charge in [0.05, 0.1) is 12.0 Å². The number of carboxylic acid groups (broad SMARTS) is 1. The predicted molar refractivity (Wildman–Crippen MR) is 101 cm³/mol. The molecule has 6 nitrogen and oxygen atoms in total. The number of allylic oxidation sites excluding steroid dienone is 2. The van der Waals surface area contributed by atoms with E-state index in [1.807, 2.05) is 44.0 Å². The maximum absolute atomic E-state index is 12.7. The van der Waals surface area contributed by atoms with Crippen LogP contribution in [0.3, 0.4) is 0 Å². The van der Waals surface area contributed by atoms with Gasteiger partial charge in [-0.15, -0.1) is 0 Å². The summed E-state index contributed by atoms with van der Waals surface area (Å²) in [6.45, 7) is 5.79. The van der Waals surface area contributed by atoms with Gasteiger partial charge in [0, 0.05) is 32.0 Å². The van der Waals surface area contributed by atoms with Crippen LogP contribution in [0.25, 0.3) is 0 Å². The van der Waals surface area contributed by atoms with Crippen molar-refractivity contribution in [2.45, 2.75) is 39.7 Å². The highest BCUT2D eigenvalue weighted by Gasteiger charge is 2.42. The molecule has 142 valence electrons. The summed E-state index contributed by atoms with van der Waals surface area (Å²) in [4.78, 5) is 32.3. The Balaban J connectivity index is 1.99. The van der Waals surface area contributed by atoms with Gasteiger partial charge in [-0.3, -0.25) is 19.5 Å². The smallest absolute Gasteiger partial charge is 0.311 e. The number of carboxylic acids is 1. The van der Waals surface area contributed by atoms with Crippen molar-refractivity contribution in [1.29, 1.82) is 0 Å². The zero-order chi connectivity index (χ0) is 19.2. The molecule has 1 saturated heterocycles. The van der Waals surface area contributed by atoms with E-state index in [1.165, 1.54) is 0 Å². The fourth-order valence-corrected chi connectivity index (χ4v) is 3.36. The molecular weight excluding hydrogens is 330 g/mol. The van der Waals surface area contributed by atoms with E-state index in [4.69, 9.17) is 0 Å². The summed E-state index contributed by atoms with van der Waals surface area (Å²) in [7, 11) is 1.90. The van der Waals surface area contributed by atoms with Gasteiger partial charge in [0.25, 0.3) is 0 Å². The number of likely N-dealkylation sites (N-methyl/N-ethyl adjacent to an activating group) is 1. The number of pyridine rings is 1. The third kappa shape index (κ3) is 5.39. The van der Waals surface area contributed by atoms with E-state index in [-0.39, 0.29) is 19.0 Å². The molecule has 0 radical (unpaired) electrons. The summed E-state index contributed by atoms with van der Waals surface area (Å²) in [5.41, 5.74) is 1.33. The van der Waals surface area contributed by atoms with Crippen LogP contribution in [0, 0.1) is 5.41 Å². The van der Waals surface area contributed by atoms with Gasteiger partial charge in [-0.2, -0.15) is 0 Å². The summed E-state index contributed by atoms with van der Waals surface area (Å²) in [6, 6.07) is 3.85. The van der Waals surface area contributed by atoms with Crippen LogP contribution in [-0.4, -0.2) is 58.4 Å². The molecule has 0 aromatic carbocycles. The molecule has 0 spiro atoms. The second-order valence-corrected chi connectivity index (χ2v) is 7.52. The molecule has 1 fully saturated rings. The number of aromatic nitrogens is 1. The first-order valence-corrected chi connectivity index (χ1v) is 9.04. The third-order valence-electron chi connectivity index (χ3n) is 4.89. The minimum absolute atomic E-state index is 0.0101. The van der Waals surface area contributed by atoms with E-state index < -0.39 is 11.4 Å². The molecule has 6 heteroatoms. The van der Waals surface area contributed by atoms with Crippen molar-refractivity contribution in [3.05, 3.63) is 41.7 Å². The Labute approximate surface area is 155 Å². The van der Waals surface area contributed by atoms with Gasteiger partial charge in [-0.1, -0.05) is 11.6 Å². The third-order valence-corrected chi connectivity index (χ3v) is 4.89. The van der Waals surface area contributed by atoms with Crippen molar-refractivity contribution in [2.75, 3.05) is 26.7 Å². The Morgan fingerprint density at radius 3 is 2.65 bits per heavy atom. The van der Waals surface area contributed by atoms with Crippen LogP contribution in [0.2, 0.25) is 0 Å². The van der Waals surface area contributed by atoms with Crippen molar-refractivity contribution in [2.24, 2.45) is 5.41 Å². The standard InChI is InChI=1S/C20H29N3O3/c1-16(2)5-9-20(19(25)26)8-4-12-23(15-20)18(24)14-22(3)13-17-6-10-21-11-7-17/h5-7,10-11H,4,8-9,12-15H2,1-3H3,(H,25,26)/t20-/m1/s1. The molecule has 1 amide bonds. The molecular formula is C20H29N3O3. The Kier molecular flexibility index (Phi) is 6.91. The summed E-state index contributed by atoms with van der Waals surface area (Å²) >= 11 is 0. The molecule has 1 N–H and O–H groups in total. The summed E-state index contributed by atoms with van der Waals surface area (Å²) in [5, 5.41) is 9.79. The number of rotatable bonds is 7. The number of hydrogen-bond donors (Lipinski definition) is 1. The van der Waals surface area contributed by atoms with E-state index >= 15 is 0 Å². The number of likely N-dealkylation sites (tertiary alicyclic amines) is 1. The predicted octanol–water partition coefficient (Wildman–Crippen LogP) is 2.56.